The highest BCUT2D eigenvalue weighted by Crippen LogP contribution is 2.24. The van der Waals surface area contributed by atoms with Gasteiger partial charge < -0.3 is 20.6 Å². The van der Waals surface area contributed by atoms with Crippen LogP contribution in [0.3, 0.4) is 0 Å². The Morgan fingerprint density at radius 2 is 2.00 bits per heavy atom. The Morgan fingerprint density at radius 3 is 2.60 bits per heavy atom. The second-order valence-electron chi connectivity index (χ2n) is 6.37. The summed E-state index contributed by atoms with van der Waals surface area (Å²) in [5.41, 5.74) is 1.33. The maximum Gasteiger partial charge on any atom is 0.237 e. The van der Waals surface area contributed by atoms with Crippen molar-refractivity contribution in [3.63, 3.8) is 0 Å². The first-order valence-corrected chi connectivity index (χ1v) is 8.36. The van der Waals surface area contributed by atoms with E-state index in [1.165, 1.54) is 6.07 Å². The average molecular weight is 394 g/mol. The predicted octanol–water partition coefficient (Wildman–Crippen LogP) is 2.00. The number of aliphatic hydroxyl groups is 1. The molecule has 0 bridgehead atoms. The van der Waals surface area contributed by atoms with E-state index in [0.29, 0.717) is 38.2 Å². The molecule has 8 heteroatoms. The Labute approximate surface area is 160 Å². The van der Waals surface area contributed by atoms with Gasteiger partial charge in [0.25, 0.3) is 0 Å². The maximum atomic E-state index is 14.3. The highest BCUT2D eigenvalue weighted by molar-refractivity contribution is 5.85. The molecule has 5 nitrogen and oxygen atoms in total. The second-order valence-corrected chi connectivity index (χ2v) is 6.37. The molecule has 2 heterocycles. The van der Waals surface area contributed by atoms with Gasteiger partial charge in [-0.3, -0.25) is 4.79 Å². The van der Waals surface area contributed by atoms with E-state index in [1.807, 2.05) is 11.0 Å². The van der Waals surface area contributed by atoms with E-state index in [9.17, 15) is 14.3 Å². The number of amides is 1. The first-order chi connectivity index (χ1) is 11.1. The van der Waals surface area contributed by atoms with Crippen molar-refractivity contribution < 1.29 is 14.3 Å². The third-order valence-electron chi connectivity index (χ3n) is 4.66. The lowest BCUT2D eigenvalue weighted by molar-refractivity contribution is -0.122. The lowest BCUT2D eigenvalue weighted by Gasteiger charge is -2.31. The minimum atomic E-state index is -0.271. The van der Waals surface area contributed by atoms with Crippen molar-refractivity contribution in [2.75, 3.05) is 24.5 Å². The van der Waals surface area contributed by atoms with Gasteiger partial charge in [-0.05, 0) is 49.9 Å². The number of carbonyl (C=O) groups is 1. The molecule has 1 aromatic rings. The minimum Gasteiger partial charge on any atom is -0.393 e. The molecule has 2 aliphatic heterocycles. The Balaban J connectivity index is 0.00000156. The number of piperidine rings is 1. The highest BCUT2D eigenvalue weighted by atomic mass is 35.5. The largest absolute Gasteiger partial charge is 0.393 e. The monoisotopic (exact) mass is 393 g/mol. The van der Waals surface area contributed by atoms with Crippen molar-refractivity contribution in [1.82, 2.24) is 10.6 Å². The van der Waals surface area contributed by atoms with Crippen LogP contribution in [0.5, 0.6) is 0 Å². The van der Waals surface area contributed by atoms with Gasteiger partial charge >= 0.3 is 0 Å². The van der Waals surface area contributed by atoms with Crippen LogP contribution >= 0.6 is 24.8 Å². The second kappa shape index (κ2) is 10.2. The molecule has 2 fully saturated rings. The fourth-order valence-electron chi connectivity index (χ4n) is 3.24. The molecule has 0 aromatic heterocycles. The summed E-state index contributed by atoms with van der Waals surface area (Å²) in [5.74, 6) is -0.288. The molecule has 0 radical (unpaired) electrons. The SMILES string of the molecule is Cl.Cl.O=C(NCc1ccc(N2CCC(O)CC2)c(F)c1)[C@@H]1CCCN1. The smallest absolute Gasteiger partial charge is 0.237 e. The van der Waals surface area contributed by atoms with Gasteiger partial charge in [0.15, 0.2) is 0 Å². The van der Waals surface area contributed by atoms with Crippen LogP contribution in [-0.2, 0) is 11.3 Å². The quantitative estimate of drug-likeness (QED) is 0.731. The lowest BCUT2D eigenvalue weighted by Crippen LogP contribution is -2.40. The van der Waals surface area contributed by atoms with Crippen LogP contribution in [0.25, 0.3) is 0 Å². The maximum absolute atomic E-state index is 14.3. The van der Waals surface area contributed by atoms with Crippen molar-refractivity contribution in [3.05, 3.63) is 29.6 Å². The van der Waals surface area contributed by atoms with Crippen molar-refractivity contribution in [2.45, 2.75) is 44.4 Å². The molecule has 3 rings (SSSR count). The standard InChI is InChI=1S/C17H24FN3O2.2ClH/c18-14-10-12(11-20-17(23)15-2-1-7-19-15)3-4-16(14)21-8-5-13(22)6-9-21;;/h3-4,10,13,15,19,22H,1-2,5-9,11H2,(H,20,23);2*1H/t15-;;/m0../s1. The number of hydrogen-bond donors (Lipinski definition) is 3. The van der Waals surface area contributed by atoms with Gasteiger partial charge in [0.1, 0.15) is 5.82 Å². The van der Waals surface area contributed by atoms with Crippen LogP contribution in [0.1, 0.15) is 31.2 Å². The molecule has 1 amide bonds. The summed E-state index contributed by atoms with van der Waals surface area (Å²) < 4.78 is 14.3. The van der Waals surface area contributed by atoms with Crippen LogP contribution < -0.4 is 15.5 Å². The summed E-state index contributed by atoms with van der Waals surface area (Å²) in [6.07, 6.45) is 2.95. The molecule has 3 N–H and O–H groups in total. The number of benzene rings is 1. The summed E-state index contributed by atoms with van der Waals surface area (Å²) >= 11 is 0. The van der Waals surface area contributed by atoms with E-state index in [4.69, 9.17) is 0 Å². The zero-order valence-corrected chi connectivity index (χ0v) is 15.7. The molecule has 0 unspecified atom stereocenters. The number of nitrogens with zero attached hydrogens (tertiary/aromatic N) is 1. The van der Waals surface area contributed by atoms with Gasteiger partial charge in [-0.2, -0.15) is 0 Å². The molecule has 1 aromatic carbocycles. The fraction of sp³-hybridized carbons (Fsp3) is 0.588. The number of rotatable bonds is 4. The first-order valence-electron chi connectivity index (χ1n) is 8.36. The first kappa shape index (κ1) is 22.0. The van der Waals surface area contributed by atoms with E-state index < -0.39 is 0 Å². The Morgan fingerprint density at radius 1 is 1.28 bits per heavy atom. The van der Waals surface area contributed by atoms with Crippen LogP contribution in [0, 0.1) is 5.82 Å². The van der Waals surface area contributed by atoms with Gasteiger partial charge in [-0.25, -0.2) is 4.39 Å². The molecule has 2 aliphatic rings. The summed E-state index contributed by atoms with van der Waals surface area (Å²) in [5, 5.41) is 15.5. The van der Waals surface area contributed by atoms with Crippen LogP contribution in [0.15, 0.2) is 18.2 Å². The van der Waals surface area contributed by atoms with Crippen molar-refractivity contribution in [2.24, 2.45) is 0 Å². The van der Waals surface area contributed by atoms with E-state index >= 15 is 0 Å². The Bertz CT molecular complexity index is 563. The van der Waals surface area contributed by atoms with Crippen LogP contribution in [0.2, 0.25) is 0 Å². The number of nitrogens with one attached hydrogen (secondary N) is 2. The van der Waals surface area contributed by atoms with E-state index in [2.05, 4.69) is 10.6 Å². The minimum absolute atomic E-state index is 0. The summed E-state index contributed by atoms with van der Waals surface area (Å²) in [6, 6.07) is 5.00. The highest BCUT2D eigenvalue weighted by Gasteiger charge is 2.22. The third-order valence-corrected chi connectivity index (χ3v) is 4.66. The number of halogens is 3. The van der Waals surface area contributed by atoms with E-state index in [0.717, 1.165) is 24.9 Å². The summed E-state index contributed by atoms with van der Waals surface area (Å²) in [6.45, 7) is 2.56. The van der Waals surface area contributed by atoms with Crippen LogP contribution in [-0.4, -0.2) is 42.8 Å². The number of carbonyl (C=O) groups excluding carboxylic acids is 1. The summed E-state index contributed by atoms with van der Waals surface area (Å²) in [7, 11) is 0. The number of aliphatic hydroxyl groups excluding tert-OH is 1. The van der Waals surface area contributed by atoms with Gasteiger partial charge in [-0.15, -0.1) is 24.8 Å². The Hall–Kier alpha value is -1.08. The molecular weight excluding hydrogens is 368 g/mol. The van der Waals surface area contributed by atoms with Gasteiger partial charge in [0.05, 0.1) is 17.8 Å². The normalized spacial score (nSPS) is 20.6. The zero-order valence-electron chi connectivity index (χ0n) is 14.0. The zero-order chi connectivity index (χ0) is 16.2. The molecule has 0 saturated carbocycles. The van der Waals surface area contributed by atoms with Gasteiger partial charge in [0.2, 0.25) is 5.91 Å². The molecule has 0 aliphatic carbocycles. The lowest BCUT2D eigenvalue weighted by atomic mass is 10.1. The van der Waals surface area contributed by atoms with Gasteiger partial charge in [-0.1, -0.05) is 6.07 Å². The molecule has 1 atom stereocenters. The van der Waals surface area contributed by atoms with E-state index in [-0.39, 0.29) is 48.7 Å². The van der Waals surface area contributed by atoms with Crippen molar-refractivity contribution in [3.8, 4) is 0 Å². The van der Waals surface area contributed by atoms with Gasteiger partial charge in [0, 0.05) is 19.6 Å². The molecule has 142 valence electrons. The topological polar surface area (TPSA) is 64.6 Å². The fourth-order valence-corrected chi connectivity index (χ4v) is 3.24. The molecular formula is C17H26Cl2FN3O2. The molecule has 0 spiro atoms. The number of hydrogen-bond acceptors (Lipinski definition) is 4. The van der Waals surface area contributed by atoms with E-state index in [1.54, 1.807) is 6.07 Å². The Kier molecular flexibility index (Phi) is 8.93. The van der Waals surface area contributed by atoms with Crippen molar-refractivity contribution in [1.29, 1.82) is 0 Å². The average Bonchev–Trinajstić information content (AvgIpc) is 3.08. The number of anilines is 1. The van der Waals surface area contributed by atoms with Crippen LogP contribution in [0.4, 0.5) is 10.1 Å². The summed E-state index contributed by atoms with van der Waals surface area (Å²) in [4.78, 5) is 13.9. The molecule has 25 heavy (non-hydrogen) atoms. The molecule has 2 saturated heterocycles. The third kappa shape index (κ3) is 5.71. The predicted molar refractivity (Wildman–Crippen MR) is 101 cm³/mol. The van der Waals surface area contributed by atoms with Crippen molar-refractivity contribution >= 4 is 36.4 Å².